The summed E-state index contributed by atoms with van der Waals surface area (Å²) in [7, 11) is 0. The van der Waals surface area contributed by atoms with Crippen LogP contribution in [0.2, 0.25) is 0 Å². The molecule has 1 unspecified atom stereocenters. The Morgan fingerprint density at radius 3 is 2.71 bits per heavy atom. The lowest BCUT2D eigenvalue weighted by atomic mass is 10.1. The third-order valence-corrected chi connectivity index (χ3v) is 5.44. The van der Waals surface area contributed by atoms with Crippen LogP contribution in [0.1, 0.15) is 57.7 Å². The van der Waals surface area contributed by atoms with Crippen molar-refractivity contribution in [1.82, 2.24) is 30.3 Å². The maximum atomic E-state index is 5.78. The molecule has 1 saturated heterocycles. The molecule has 1 aliphatic rings. The Morgan fingerprint density at radius 1 is 1.23 bits per heavy atom. The molecule has 0 bridgehead atoms. The van der Waals surface area contributed by atoms with Gasteiger partial charge in [-0.25, -0.2) is 0 Å². The molecule has 0 radical (unpaired) electrons. The zero-order valence-corrected chi connectivity index (χ0v) is 21.4. The van der Waals surface area contributed by atoms with Gasteiger partial charge in [-0.05, 0) is 44.0 Å². The van der Waals surface area contributed by atoms with Crippen molar-refractivity contribution in [2.75, 3.05) is 32.7 Å². The van der Waals surface area contributed by atoms with E-state index in [4.69, 9.17) is 9.41 Å². The number of rotatable bonds is 10. The van der Waals surface area contributed by atoms with Crippen LogP contribution in [0.15, 0.2) is 34.1 Å². The Hall–Kier alpha value is -1.62. The SMILES string of the molecule is CCc1nncn1CCNC(=NCC(C)C)NCC(c1ccco1)N1CCCCC1.I. The molecule has 3 heterocycles. The molecule has 0 aliphatic carbocycles. The van der Waals surface area contributed by atoms with Gasteiger partial charge in [0.2, 0.25) is 0 Å². The summed E-state index contributed by atoms with van der Waals surface area (Å²) in [5, 5.41) is 15.2. The first kappa shape index (κ1) is 25.6. The highest BCUT2D eigenvalue weighted by Crippen LogP contribution is 2.24. The second kappa shape index (κ2) is 13.7. The summed E-state index contributed by atoms with van der Waals surface area (Å²) in [5.74, 6) is 3.39. The number of aromatic nitrogens is 3. The molecule has 0 amide bonds. The van der Waals surface area contributed by atoms with Crippen molar-refractivity contribution in [2.24, 2.45) is 10.9 Å². The predicted octanol–water partition coefficient (Wildman–Crippen LogP) is 3.47. The van der Waals surface area contributed by atoms with Gasteiger partial charge in [0.15, 0.2) is 5.96 Å². The molecular weight excluding hydrogens is 505 g/mol. The lowest BCUT2D eigenvalue weighted by Gasteiger charge is -2.33. The van der Waals surface area contributed by atoms with Gasteiger partial charge >= 0.3 is 0 Å². The number of nitrogens with one attached hydrogen (secondary N) is 2. The molecule has 2 aromatic rings. The predicted molar refractivity (Wildman–Crippen MR) is 135 cm³/mol. The number of furan rings is 1. The van der Waals surface area contributed by atoms with E-state index in [0.717, 1.165) is 63.2 Å². The van der Waals surface area contributed by atoms with E-state index >= 15 is 0 Å². The third kappa shape index (κ3) is 8.10. The fourth-order valence-electron chi connectivity index (χ4n) is 3.80. The average Bonchev–Trinajstić information content (AvgIpc) is 3.44. The minimum Gasteiger partial charge on any atom is -0.468 e. The Morgan fingerprint density at radius 2 is 2.03 bits per heavy atom. The van der Waals surface area contributed by atoms with E-state index in [0.29, 0.717) is 5.92 Å². The fraction of sp³-hybridized carbons (Fsp3) is 0.682. The number of halogens is 1. The number of hydrogen-bond acceptors (Lipinski definition) is 5. The standard InChI is InChI=1S/C22H37N7O.HI/c1-4-21-27-26-17-29(21)13-10-23-22(24-15-18(2)3)25-16-19(20-9-8-14-30-20)28-11-6-5-7-12-28;/h8-9,14,17-19H,4-7,10-13,15-16H2,1-3H3,(H2,23,24,25);1H. The maximum Gasteiger partial charge on any atom is 0.191 e. The minimum atomic E-state index is 0. The largest absolute Gasteiger partial charge is 0.468 e. The number of aliphatic imine (C=N–C) groups is 1. The van der Waals surface area contributed by atoms with Crippen molar-refractivity contribution in [3.63, 3.8) is 0 Å². The van der Waals surface area contributed by atoms with Gasteiger partial charge in [-0.15, -0.1) is 34.2 Å². The smallest absolute Gasteiger partial charge is 0.191 e. The minimum absolute atomic E-state index is 0. The van der Waals surface area contributed by atoms with Gasteiger partial charge in [0, 0.05) is 32.6 Å². The summed E-state index contributed by atoms with van der Waals surface area (Å²) in [6, 6.07) is 4.27. The molecule has 0 spiro atoms. The van der Waals surface area contributed by atoms with Crippen LogP contribution in [0.25, 0.3) is 0 Å². The van der Waals surface area contributed by atoms with E-state index in [1.54, 1.807) is 12.6 Å². The van der Waals surface area contributed by atoms with Crippen LogP contribution >= 0.6 is 24.0 Å². The highest BCUT2D eigenvalue weighted by Gasteiger charge is 2.24. The molecule has 174 valence electrons. The summed E-state index contributed by atoms with van der Waals surface area (Å²) < 4.78 is 7.87. The van der Waals surface area contributed by atoms with Crippen LogP contribution in [0.4, 0.5) is 0 Å². The van der Waals surface area contributed by atoms with Crippen molar-refractivity contribution in [2.45, 2.75) is 59.0 Å². The van der Waals surface area contributed by atoms with Gasteiger partial charge in [-0.3, -0.25) is 9.89 Å². The average molecular weight is 543 g/mol. The van der Waals surface area contributed by atoms with E-state index in [9.17, 15) is 0 Å². The van der Waals surface area contributed by atoms with Crippen LogP contribution < -0.4 is 10.6 Å². The summed E-state index contributed by atoms with van der Waals surface area (Å²) >= 11 is 0. The van der Waals surface area contributed by atoms with Crippen LogP contribution in [0.5, 0.6) is 0 Å². The first-order valence-electron chi connectivity index (χ1n) is 11.3. The number of guanidine groups is 1. The second-order valence-corrected chi connectivity index (χ2v) is 8.31. The number of hydrogen-bond donors (Lipinski definition) is 2. The lowest BCUT2D eigenvalue weighted by Crippen LogP contribution is -2.45. The van der Waals surface area contributed by atoms with Gasteiger partial charge in [-0.2, -0.15) is 0 Å². The zero-order valence-electron chi connectivity index (χ0n) is 19.1. The molecule has 0 aromatic carbocycles. The Labute approximate surface area is 203 Å². The van der Waals surface area contributed by atoms with Crippen molar-refractivity contribution >= 4 is 29.9 Å². The highest BCUT2D eigenvalue weighted by molar-refractivity contribution is 14.0. The van der Waals surface area contributed by atoms with Gasteiger partial charge < -0.3 is 19.6 Å². The Kier molecular flexibility index (Phi) is 11.3. The molecule has 2 N–H and O–H groups in total. The number of likely N-dealkylation sites (tertiary alicyclic amines) is 1. The molecule has 1 fully saturated rings. The monoisotopic (exact) mass is 543 g/mol. The topological polar surface area (TPSA) is 83.5 Å². The molecule has 2 aromatic heterocycles. The summed E-state index contributed by atoms with van der Waals surface area (Å²) in [6.07, 6.45) is 8.27. The summed E-state index contributed by atoms with van der Waals surface area (Å²) in [4.78, 5) is 7.32. The number of nitrogens with zero attached hydrogens (tertiary/aromatic N) is 5. The molecule has 1 aliphatic heterocycles. The van der Waals surface area contributed by atoms with Gasteiger partial charge in [-0.1, -0.05) is 27.2 Å². The summed E-state index contributed by atoms with van der Waals surface area (Å²) in [6.45, 7) is 11.8. The lowest BCUT2D eigenvalue weighted by molar-refractivity contribution is 0.146. The van der Waals surface area contributed by atoms with Crippen molar-refractivity contribution < 1.29 is 4.42 Å². The number of piperidine rings is 1. The van der Waals surface area contributed by atoms with E-state index in [2.05, 4.69) is 57.1 Å². The maximum absolute atomic E-state index is 5.78. The molecule has 8 nitrogen and oxygen atoms in total. The van der Waals surface area contributed by atoms with Gasteiger partial charge in [0.1, 0.15) is 17.9 Å². The first-order valence-corrected chi connectivity index (χ1v) is 11.3. The first-order chi connectivity index (χ1) is 14.7. The molecule has 31 heavy (non-hydrogen) atoms. The third-order valence-electron chi connectivity index (χ3n) is 5.44. The van der Waals surface area contributed by atoms with E-state index in [1.807, 2.05) is 6.07 Å². The van der Waals surface area contributed by atoms with Crippen molar-refractivity contribution in [3.8, 4) is 0 Å². The quantitative estimate of drug-likeness (QED) is 0.271. The van der Waals surface area contributed by atoms with Crippen LogP contribution in [-0.4, -0.2) is 58.3 Å². The van der Waals surface area contributed by atoms with E-state index < -0.39 is 0 Å². The van der Waals surface area contributed by atoms with E-state index in [1.165, 1.54) is 19.3 Å². The van der Waals surface area contributed by atoms with Crippen molar-refractivity contribution in [3.05, 3.63) is 36.3 Å². The highest BCUT2D eigenvalue weighted by atomic mass is 127. The number of aryl methyl sites for hydroxylation is 1. The molecule has 1 atom stereocenters. The van der Waals surface area contributed by atoms with E-state index in [-0.39, 0.29) is 30.0 Å². The van der Waals surface area contributed by atoms with Gasteiger partial charge in [0.05, 0.1) is 12.3 Å². The zero-order chi connectivity index (χ0) is 21.2. The molecular formula is C22H38IN7O. The Bertz CT molecular complexity index is 754. The second-order valence-electron chi connectivity index (χ2n) is 8.31. The van der Waals surface area contributed by atoms with Crippen LogP contribution in [0, 0.1) is 5.92 Å². The Balaban J connectivity index is 0.00000341. The van der Waals surface area contributed by atoms with Crippen LogP contribution in [0.3, 0.4) is 0 Å². The van der Waals surface area contributed by atoms with Gasteiger partial charge in [0.25, 0.3) is 0 Å². The van der Waals surface area contributed by atoms with Crippen LogP contribution in [-0.2, 0) is 13.0 Å². The van der Waals surface area contributed by atoms with Crippen molar-refractivity contribution in [1.29, 1.82) is 0 Å². The fourth-order valence-corrected chi connectivity index (χ4v) is 3.80. The summed E-state index contributed by atoms with van der Waals surface area (Å²) in [5.41, 5.74) is 0. The molecule has 0 saturated carbocycles. The normalized spacial score (nSPS) is 16.2. The molecule has 9 heteroatoms. The molecule has 3 rings (SSSR count).